The second-order valence-corrected chi connectivity index (χ2v) is 10.6. The smallest absolute Gasteiger partial charge is 0.257 e. The number of carbonyl (C=O) groups is 1. The third kappa shape index (κ3) is 6.47. The second kappa shape index (κ2) is 11.8. The van der Waals surface area contributed by atoms with Gasteiger partial charge in [0.1, 0.15) is 0 Å². The van der Waals surface area contributed by atoms with Crippen molar-refractivity contribution in [3.8, 4) is 11.3 Å². The van der Waals surface area contributed by atoms with Crippen LogP contribution >= 0.6 is 11.3 Å². The Morgan fingerprint density at radius 2 is 1.74 bits per heavy atom. The Kier molecular flexibility index (Phi) is 9.03. The Morgan fingerprint density at radius 1 is 1.06 bits per heavy atom. The van der Waals surface area contributed by atoms with Crippen LogP contribution in [-0.2, 0) is 19.5 Å². The summed E-state index contributed by atoms with van der Waals surface area (Å²) < 4.78 is 64.4. The third-order valence-electron chi connectivity index (χ3n) is 5.03. The summed E-state index contributed by atoms with van der Waals surface area (Å²) in [6, 6.07) is 9.11. The Labute approximate surface area is 206 Å². The first-order valence-corrected chi connectivity index (χ1v) is 12.7. The lowest BCUT2D eigenvalue weighted by Gasteiger charge is -2.21. The van der Waals surface area contributed by atoms with Gasteiger partial charge >= 0.3 is 0 Å². The van der Waals surface area contributed by atoms with Gasteiger partial charge < -0.3 is 9.47 Å². The van der Waals surface area contributed by atoms with Crippen LogP contribution in [0.2, 0.25) is 0 Å². The number of hydrogen-bond acceptors (Lipinski definition) is 7. The van der Waals surface area contributed by atoms with Crippen molar-refractivity contribution in [1.82, 2.24) is 9.29 Å². The molecule has 35 heavy (non-hydrogen) atoms. The predicted octanol–water partition coefficient (Wildman–Crippen LogP) is 3.93. The largest absolute Gasteiger partial charge is 0.383 e. The number of methoxy groups -OCH3 is 2. The number of halogens is 2. The van der Waals surface area contributed by atoms with Crippen LogP contribution in [0, 0.1) is 18.6 Å². The molecule has 8 nitrogen and oxygen atoms in total. The highest BCUT2D eigenvalue weighted by molar-refractivity contribution is 7.89. The quantitative estimate of drug-likeness (QED) is 0.407. The van der Waals surface area contributed by atoms with E-state index in [1.165, 1.54) is 48.9 Å². The van der Waals surface area contributed by atoms with Crippen LogP contribution in [0.4, 0.5) is 13.9 Å². The Hall–Kier alpha value is -2.77. The lowest BCUT2D eigenvalue weighted by molar-refractivity contribution is 0.102. The zero-order valence-corrected chi connectivity index (χ0v) is 21.0. The second-order valence-electron chi connectivity index (χ2n) is 7.42. The first-order chi connectivity index (χ1) is 16.7. The molecule has 0 radical (unpaired) electrons. The minimum Gasteiger partial charge on any atom is -0.383 e. The van der Waals surface area contributed by atoms with E-state index in [2.05, 4.69) is 10.3 Å². The maximum absolute atomic E-state index is 13.6. The fourth-order valence-corrected chi connectivity index (χ4v) is 5.50. The normalized spacial score (nSPS) is 11.7. The van der Waals surface area contributed by atoms with Crippen LogP contribution in [0.1, 0.15) is 15.2 Å². The highest BCUT2D eigenvalue weighted by Gasteiger charge is 2.25. The standard InChI is InChI=1S/C23H25F2N3O5S2/c1-15-21(16-7-8-19(24)20(25)14-16)26-23(34-15)27-22(29)17-5-4-6-18(13-17)35(30,31)28(9-11-32-2)10-12-33-3/h4-8,13-14H,9-12H2,1-3H3,(H,26,27,29). The third-order valence-corrected chi connectivity index (χ3v) is 7.81. The molecule has 12 heteroatoms. The molecule has 0 unspecified atom stereocenters. The average Bonchev–Trinajstić information content (AvgIpc) is 3.20. The summed E-state index contributed by atoms with van der Waals surface area (Å²) in [7, 11) is -0.953. The number of aromatic nitrogens is 1. The van der Waals surface area contributed by atoms with Gasteiger partial charge in [0.2, 0.25) is 10.0 Å². The summed E-state index contributed by atoms with van der Waals surface area (Å²) in [4.78, 5) is 17.8. The van der Waals surface area contributed by atoms with E-state index < -0.39 is 27.6 Å². The van der Waals surface area contributed by atoms with Crippen molar-refractivity contribution in [2.45, 2.75) is 11.8 Å². The van der Waals surface area contributed by atoms with Gasteiger partial charge in [-0.1, -0.05) is 6.07 Å². The number of nitrogens with one attached hydrogen (secondary N) is 1. The van der Waals surface area contributed by atoms with E-state index in [1.807, 2.05) is 0 Å². The molecule has 1 N–H and O–H groups in total. The topological polar surface area (TPSA) is 97.8 Å². The first kappa shape index (κ1) is 26.8. The lowest BCUT2D eigenvalue weighted by Crippen LogP contribution is -2.36. The van der Waals surface area contributed by atoms with Crippen LogP contribution in [0.15, 0.2) is 47.4 Å². The minimum absolute atomic E-state index is 0.0462. The van der Waals surface area contributed by atoms with Crippen LogP contribution in [0.5, 0.6) is 0 Å². The fourth-order valence-electron chi connectivity index (χ4n) is 3.22. The molecule has 0 aliphatic carbocycles. The van der Waals surface area contributed by atoms with Gasteiger partial charge in [-0.05, 0) is 43.3 Å². The SMILES string of the molecule is COCCN(CCOC)S(=O)(=O)c1cccc(C(=O)Nc2nc(-c3ccc(F)c(F)c3)c(C)s2)c1. The summed E-state index contributed by atoms with van der Waals surface area (Å²) >= 11 is 1.16. The summed E-state index contributed by atoms with van der Waals surface area (Å²) in [5.74, 6) is -2.52. The van der Waals surface area contributed by atoms with Gasteiger partial charge in [0.15, 0.2) is 16.8 Å². The summed E-state index contributed by atoms with van der Waals surface area (Å²) in [5.41, 5.74) is 0.901. The van der Waals surface area contributed by atoms with Crippen LogP contribution in [0.3, 0.4) is 0 Å². The maximum atomic E-state index is 13.6. The highest BCUT2D eigenvalue weighted by atomic mass is 32.2. The molecule has 0 aliphatic rings. The number of carbonyl (C=O) groups excluding carboxylic acids is 1. The zero-order chi connectivity index (χ0) is 25.6. The van der Waals surface area contributed by atoms with E-state index in [0.29, 0.717) is 16.1 Å². The molecule has 0 spiro atoms. The molecule has 2 aromatic carbocycles. The van der Waals surface area contributed by atoms with Crippen molar-refractivity contribution in [3.63, 3.8) is 0 Å². The van der Waals surface area contributed by atoms with Crippen molar-refractivity contribution in [2.75, 3.05) is 45.8 Å². The average molecular weight is 526 g/mol. The number of ether oxygens (including phenoxy) is 2. The van der Waals surface area contributed by atoms with Gasteiger partial charge in [-0.15, -0.1) is 11.3 Å². The van der Waals surface area contributed by atoms with E-state index in [4.69, 9.17) is 9.47 Å². The number of sulfonamides is 1. The number of anilines is 1. The molecule has 0 atom stereocenters. The van der Waals surface area contributed by atoms with Gasteiger partial charge in [0.05, 0.1) is 23.8 Å². The van der Waals surface area contributed by atoms with Gasteiger partial charge in [-0.3, -0.25) is 10.1 Å². The Morgan fingerprint density at radius 3 is 2.37 bits per heavy atom. The van der Waals surface area contributed by atoms with Crippen LogP contribution in [-0.4, -0.2) is 64.1 Å². The van der Waals surface area contributed by atoms with Gasteiger partial charge in [0.25, 0.3) is 5.91 Å². The molecular weight excluding hydrogens is 500 g/mol. The first-order valence-electron chi connectivity index (χ1n) is 10.5. The number of rotatable bonds is 11. The van der Waals surface area contributed by atoms with Crippen LogP contribution < -0.4 is 5.32 Å². The van der Waals surface area contributed by atoms with E-state index >= 15 is 0 Å². The van der Waals surface area contributed by atoms with E-state index in [9.17, 15) is 22.0 Å². The molecule has 0 aliphatic heterocycles. The molecule has 3 aromatic rings. The monoisotopic (exact) mass is 525 g/mol. The number of aryl methyl sites for hydroxylation is 1. The summed E-state index contributed by atoms with van der Waals surface area (Å²) in [6.07, 6.45) is 0. The van der Waals surface area contributed by atoms with E-state index in [1.54, 1.807) is 6.92 Å². The number of thiazole rings is 1. The fraction of sp³-hybridized carbons (Fsp3) is 0.304. The molecule has 1 amide bonds. The number of nitrogens with zero attached hydrogens (tertiary/aromatic N) is 2. The van der Waals surface area contributed by atoms with Crippen molar-refractivity contribution in [1.29, 1.82) is 0 Å². The molecule has 1 heterocycles. The maximum Gasteiger partial charge on any atom is 0.257 e. The molecule has 0 saturated heterocycles. The zero-order valence-electron chi connectivity index (χ0n) is 19.4. The molecule has 1 aromatic heterocycles. The molecule has 0 bridgehead atoms. The van der Waals surface area contributed by atoms with Gasteiger partial charge in [-0.2, -0.15) is 4.31 Å². The summed E-state index contributed by atoms with van der Waals surface area (Å²) in [5, 5.41) is 2.88. The van der Waals surface area contributed by atoms with Gasteiger partial charge in [-0.25, -0.2) is 22.2 Å². The van der Waals surface area contributed by atoms with E-state index in [-0.39, 0.29) is 41.9 Å². The van der Waals surface area contributed by atoms with Crippen molar-refractivity contribution in [3.05, 3.63) is 64.5 Å². The molecule has 3 rings (SSSR count). The Bertz CT molecular complexity index is 1290. The minimum atomic E-state index is -3.91. The Balaban J connectivity index is 1.82. The van der Waals surface area contributed by atoms with Crippen molar-refractivity contribution < 1.29 is 31.5 Å². The molecule has 0 fully saturated rings. The lowest BCUT2D eigenvalue weighted by atomic mass is 10.1. The number of amides is 1. The predicted molar refractivity (Wildman–Crippen MR) is 129 cm³/mol. The van der Waals surface area contributed by atoms with E-state index in [0.717, 1.165) is 23.5 Å². The molecule has 188 valence electrons. The highest BCUT2D eigenvalue weighted by Crippen LogP contribution is 2.31. The van der Waals surface area contributed by atoms with Crippen molar-refractivity contribution >= 4 is 32.4 Å². The molecule has 0 saturated carbocycles. The number of hydrogen-bond donors (Lipinski definition) is 1. The summed E-state index contributed by atoms with van der Waals surface area (Å²) in [6.45, 7) is 2.40. The van der Waals surface area contributed by atoms with Crippen LogP contribution in [0.25, 0.3) is 11.3 Å². The van der Waals surface area contributed by atoms with Crippen molar-refractivity contribution in [2.24, 2.45) is 0 Å². The number of benzene rings is 2. The van der Waals surface area contributed by atoms with Gasteiger partial charge in [0, 0.05) is 43.3 Å². The molecular formula is C23H25F2N3O5S2.